The van der Waals surface area contributed by atoms with Crippen LogP contribution in [0.3, 0.4) is 0 Å². The van der Waals surface area contributed by atoms with Gasteiger partial charge >= 0.3 is 0 Å². The zero-order valence-electron chi connectivity index (χ0n) is 15.2. The van der Waals surface area contributed by atoms with E-state index in [4.69, 9.17) is 5.73 Å². The van der Waals surface area contributed by atoms with E-state index in [0.717, 1.165) is 10.0 Å². The molecule has 0 saturated carbocycles. The summed E-state index contributed by atoms with van der Waals surface area (Å²) in [5, 5.41) is 18.5. The Hall–Kier alpha value is -3.53. The van der Waals surface area contributed by atoms with Gasteiger partial charge in [-0.1, -0.05) is 28.1 Å². The van der Waals surface area contributed by atoms with Crippen molar-refractivity contribution in [2.24, 2.45) is 5.73 Å². The van der Waals surface area contributed by atoms with Crippen LogP contribution in [0.4, 0.5) is 11.6 Å². The van der Waals surface area contributed by atoms with Gasteiger partial charge in [0.15, 0.2) is 5.82 Å². The number of carbonyl (C=O) groups excluding carboxylic acids is 1. The number of halogens is 1. The number of nitrogens with zero attached hydrogens (tertiary/aromatic N) is 4. The van der Waals surface area contributed by atoms with Crippen LogP contribution in [0.15, 0.2) is 64.3 Å². The number of hydrogen-bond donors (Lipinski definition) is 2. The molecule has 0 saturated heterocycles. The topological polar surface area (TPSA) is 129 Å². The second-order valence-electron chi connectivity index (χ2n) is 6.49. The standard InChI is InChI=1S/C19H15BrN6O3/c1-10-15(17(21)27)16(12-3-2-4-13(20)9-12)25-19(22-10)23-18(24-25)11-5-7-14(8-6-11)26(28)29/h2-9,16H,1H3,(H2,21,27)(H,22,23,24). The first-order chi connectivity index (χ1) is 13.8. The normalized spacial score (nSPS) is 15.6. The highest BCUT2D eigenvalue weighted by atomic mass is 79.9. The SMILES string of the molecule is CC1=C(C(N)=O)C(c2cccc(Br)c2)n2nc(-c3ccc([N+](=O)[O-])cc3)nc2N1. The van der Waals surface area contributed by atoms with Gasteiger partial charge in [0.25, 0.3) is 5.69 Å². The number of nitrogens with two attached hydrogens (primary N) is 1. The minimum absolute atomic E-state index is 0.0172. The molecule has 0 aliphatic carbocycles. The second kappa shape index (κ2) is 7.13. The average molecular weight is 455 g/mol. The minimum atomic E-state index is -0.557. The van der Waals surface area contributed by atoms with E-state index < -0.39 is 16.9 Å². The van der Waals surface area contributed by atoms with Crippen LogP contribution in [-0.2, 0) is 4.79 Å². The highest BCUT2D eigenvalue weighted by Crippen LogP contribution is 2.36. The molecule has 146 valence electrons. The molecule has 1 amide bonds. The van der Waals surface area contributed by atoms with Gasteiger partial charge in [0.2, 0.25) is 11.9 Å². The number of amides is 1. The van der Waals surface area contributed by atoms with Gasteiger partial charge in [0, 0.05) is 27.9 Å². The number of carbonyl (C=O) groups is 1. The molecule has 0 fully saturated rings. The highest BCUT2D eigenvalue weighted by molar-refractivity contribution is 9.10. The van der Waals surface area contributed by atoms with E-state index in [1.807, 2.05) is 24.3 Å². The molecule has 1 unspecified atom stereocenters. The zero-order chi connectivity index (χ0) is 20.7. The minimum Gasteiger partial charge on any atom is -0.366 e. The molecule has 4 rings (SSSR count). The summed E-state index contributed by atoms with van der Waals surface area (Å²) in [6.45, 7) is 1.76. The van der Waals surface area contributed by atoms with Crippen molar-refractivity contribution in [3.05, 3.63) is 80.0 Å². The van der Waals surface area contributed by atoms with Gasteiger partial charge in [-0.15, -0.1) is 5.10 Å². The first-order valence-corrected chi connectivity index (χ1v) is 9.39. The van der Waals surface area contributed by atoms with E-state index in [1.165, 1.54) is 12.1 Å². The van der Waals surface area contributed by atoms with Crippen molar-refractivity contribution in [2.75, 3.05) is 5.32 Å². The number of nitrogens with one attached hydrogen (secondary N) is 1. The number of allylic oxidation sites excluding steroid dienone is 1. The molecule has 3 N–H and O–H groups in total. The largest absolute Gasteiger partial charge is 0.366 e. The van der Waals surface area contributed by atoms with Crippen molar-refractivity contribution in [3.8, 4) is 11.4 Å². The fourth-order valence-electron chi connectivity index (χ4n) is 3.31. The van der Waals surface area contributed by atoms with Gasteiger partial charge < -0.3 is 11.1 Å². The molecule has 1 aliphatic rings. The number of fused-ring (bicyclic) bond motifs is 1. The van der Waals surface area contributed by atoms with Gasteiger partial charge in [-0.3, -0.25) is 14.9 Å². The summed E-state index contributed by atoms with van der Waals surface area (Å²) < 4.78 is 2.46. The smallest absolute Gasteiger partial charge is 0.269 e. The predicted octanol–water partition coefficient (Wildman–Crippen LogP) is 3.39. The molecule has 10 heteroatoms. The van der Waals surface area contributed by atoms with Crippen LogP contribution >= 0.6 is 15.9 Å². The van der Waals surface area contributed by atoms with E-state index in [0.29, 0.717) is 28.6 Å². The molecule has 1 aliphatic heterocycles. The Morgan fingerprint density at radius 3 is 2.62 bits per heavy atom. The number of nitro groups is 1. The van der Waals surface area contributed by atoms with Crippen LogP contribution in [0.2, 0.25) is 0 Å². The number of nitro benzene ring substituents is 1. The summed E-state index contributed by atoms with van der Waals surface area (Å²) in [7, 11) is 0. The third kappa shape index (κ3) is 3.38. The summed E-state index contributed by atoms with van der Waals surface area (Å²) in [5.74, 6) is 0.268. The third-order valence-corrected chi connectivity index (χ3v) is 5.11. The fraction of sp³-hybridized carbons (Fsp3) is 0.105. The highest BCUT2D eigenvalue weighted by Gasteiger charge is 2.33. The monoisotopic (exact) mass is 454 g/mol. The van der Waals surface area contributed by atoms with Crippen LogP contribution in [-0.4, -0.2) is 25.6 Å². The van der Waals surface area contributed by atoms with Crippen LogP contribution in [0.5, 0.6) is 0 Å². The molecule has 0 radical (unpaired) electrons. The van der Waals surface area contributed by atoms with Crippen LogP contribution in [0.1, 0.15) is 18.5 Å². The summed E-state index contributed by atoms with van der Waals surface area (Å²) >= 11 is 3.45. The van der Waals surface area contributed by atoms with Crippen molar-refractivity contribution >= 4 is 33.5 Å². The lowest BCUT2D eigenvalue weighted by Crippen LogP contribution is -2.31. The number of aromatic nitrogens is 3. The van der Waals surface area contributed by atoms with Crippen LogP contribution in [0.25, 0.3) is 11.4 Å². The van der Waals surface area contributed by atoms with Gasteiger partial charge in [0.05, 0.1) is 10.5 Å². The number of hydrogen-bond acceptors (Lipinski definition) is 6. The number of benzene rings is 2. The van der Waals surface area contributed by atoms with Crippen molar-refractivity contribution < 1.29 is 9.72 Å². The average Bonchev–Trinajstić information content (AvgIpc) is 3.10. The van der Waals surface area contributed by atoms with Crippen LogP contribution in [0, 0.1) is 10.1 Å². The Balaban J connectivity index is 1.84. The Kier molecular flexibility index (Phi) is 4.63. The second-order valence-corrected chi connectivity index (χ2v) is 7.41. The first-order valence-electron chi connectivity index (χ1n) is 8.59. The molecular formula is C19H15BrN6O3. The van der Waals surface area contributed by atoms with Crippen LogP contribution < -0.4 is 11.1 Å². The first kappa shape index (κ1) is 18.8. The lowest BCUT2D eigenvalue weighted by atomic mass is 9.95. The van der Waals surface area contributed by atoms with Crippen molar-refractivity contribution in [1.82, 2.24) is 14.8 Å². The molecule has 9 nitrogen and oxygen atoms in total. The lowest BCUT2D eigenvalue weighted by molar-refractivity contribution is -0.384. The zero-order valence-corrected chi connectivity index (χ0v) is 16.8. The molecule has 2 aromatic carbocycles. The summed E-state index contributed by atoms with van der Waals surface area (Å²) in [6, 6.07) is 12.9. The molecule has 1 aromatic heterocycles. The maximum atomic E-state index is 12.2. The molecule has 0 bridgehead atoms. The number of primary amides is 1. The van der Waals surface area contributed by atoms with E-state index in [1.54, 1.807) is 23.7 Å². The number of rotatable bonds is 4. The van der Waals surface area contributed by atoms with E-state index in [2.05, 4.69) is 31.3 Å². The van der Waals surface area contributed by atoms with Crippen molar-refractivity contribution in [1.29, 1.82) is 0 Å². The maximum Gasteiger partial charge on any atom is 0.269 e. The lowest BCUT2D eigenvalue weighted by Gasteiger charge is -2.27. The Morgan fingerprint density at radius 1 is 1.28 bits per heavy atom. The van der Waals surface area contributed by atoms with Gasteiger partial charge in [-0.25, -0.2) is 4.68 Å². The van der Waals surface area contributed by atoms with E-state index in [9.17, 15) is 14.9 Å². The van der Waals surface area contributed by atoms with Gasteiger partial charge in [0.1, 0.15) is 6.04 Å². The Bertz CT molecular complexity index is 1170. The quantitative estimate of drug-likeness (QED) is 0.458. The van der Waals surface area contributed by atoms with E-state index in [-0.39, 0.29) is 5.69 Å². The van der Waals surface area contributed by atoms with Gasteiger partial charge in [-0.05, 0) is 36.8 Å². The van der Waals surface area contributed by atoms with Gasteiger partial charge in [-0.2, -0.15) is 4.98 Å². The molecule has 1 atom stereocenters. The molecular weight excluding hydrogens is 440 g/mol. The number of non-ortho nitro benzene ring substituents is 1. The Labute approximate surface area is 173 Å². The maximum absolute atomic E-state index is 12.2. The Morgan fingerprint density at radius 2 is 2.00 bits per heavy atom. The number of anilines is 1. The molecule has 29 heavy (non-hydrogen) atoms. The molecule has 0 spiro atoms. The molecule has 2 heterocycles. The molecule has 3 aromatic rings. The predicted molar refractivity (Wildman–Crippen MR) is 110 cm³/mol. The van der Waals surface area contributed by atoms with Crippen molar-refractivity contribution in [2.45, 2.75) is 13.0 Å². The fourth-order valence-corrected chi connectivity index (χ4v) is 3.73. The summed E-state index contributed by atoms with van der Waals surface area (Å²) in [6.07, 6.45) is 0. The van der Waals surface area contributed by atoms with E-state index >= 15 is 0 Å². The third-order valence-electron chi connectivity index (χ3n) is 4.62. The summed E-state index contributed by atoms with van der Waals surface area (Å²) in [5.41, 5.74) is 8.06. The summed E-state index contributed by atoms with van der Waals surface area (Å²) in [4.78, 5) is 27.1. The van der Waals surface area contributed by atoms with Crippen molar-refractivity contribution in [3.63, 3.8) is 0 Å².